The SMILES string of the molecule is CC1CCCCN1CC1CCCN(C(=O)CCCN)C1. The third-order valence-electron chi connectivity index (χ3n) is 4.90. The van der Waals surface area contributed by atoms with Crippen molar-refractivity contribution in [1.82, 2.24) is 9.80 Å². The van der Waals surface area contributed by atoms with Crippen molar-refractivity contribution in [2.75, 3.05) is 32.7 Å². The van der Waals surface area contributed by atoms with Crippen LogP contribution in [0.4, 0.5) is 0 Å². The predicted octanol–water partition coefficient (Wildman–Crippen LogP) is 1.84. The third kappa shape index (κ3) is 4.45. The fraction of sp³-hybridized carbons (Fsp3) is 0.938. The average Bonchev–Trinajstić information content (AvgIpc) is 2.47. The van der Waals surface area contributed by atoms with Gasteiger partial charge in [-0.2, -0.15) is 0 Å². The summed E-state index contributed by atoms with van der Waals surface area (Å²) in [7, 11) is 0. The van der Waals surface area contributed by atoms with Crippen LogP contribution >= 0.6 is 0 Å². The lowest BCUT2D eigenvalue weighted by molar-refractivity contribution is -0.133. The third-order valence-corrected chi connectivity index (χ3v) is 4.90. The van der Waals surface area contributed by atoms with Gasteiger partial charge in [-0.3, -0.25) is 4.79 Å². The molecule has 2 fully saturated rings. The molecule has 0 aliphatic carbocycles. The molecular formula is C16H31N3O. The fourth-order valence-corrected chi connectivity index (χ4v) is 3.61. The highest BCUT2D eigenvalue weighted by Gasteiger charge is 2.27. The fourth-order valence-electron chi connectivity index (χ4n) is 3.61. The predicted molar refractivity (Wildman–Crippen MR) is 82.5 cm³/mol. The molecule has 2 aliphatic heterocycles. The summed E-state index contributed by atoms with van der Waals surface area (Å²) in [5.41, 5.74) is 5.50. The molecular weight excluding hydrogens is 250 g/mol. The molecule has 4 heteroatoms. The maximum Gasteiger partial charge on any atom is 0.222 e. The second-order valence-corrected chi connectivity index (χ2v) is 6.58. The Morgan fingerprint density at radius 3 is 2.80 bits per heavy atom. The van der Waals surface area contributed by atoms with Crippen molar-refractivity contribution in [1.29, 1.82) is 0 Å². The van der Waals surface area contributed by atoms with E-state index in [4.69, 9.17) is 5.73 Å². The van der Waals surface area contributed by atoms with E-state index in [1.165, 1.54) is 45.2 Å². The van der Waals surface area contributed by atoms with Gasteiger partial charge in [0.15, 0.2) is 0 Å². The van der Waals surface area contributed by atoms with Crippen LogP contribution in [0.1, 0.15) is 51.9 Å². The Balaban J connectivity index is 1.79. The molecule has 4 nitrogen and oxygen atoms in total. The van der Waals surface area contributed by atoms with E-state index in [0.29, 0.717) is 24.8 Å². The Kier molecular flexibility index (Phi) is 6.30. The van der Waals surface area contributed by atoms with E-state index in [2.05, 4.69) is 16.7 Å². The van der Waals surface area contributed by atoms with Crippen molar-refractivity contribution in [3.05, 3.63) is 0 Å². The molecule has 2 rings (SSSR count). The monoisotopic (exact) mass is 281 g/mol. The molecule has 0 saturated carbocycles. The van der Waals surface area contributed by atoms with E-state index in [-0.39, 0.29) is 0 Å². The number of amides is 1. The zero-order chi connectivity index (χ0) is 14.4. The smallest absolute Gasteiger partial charge is 0.222 e. The first-order chi connectivity index (χ1) is 9.70. The number of nitrogens with zero attached hydrogens (tertiary/aromatic N) is 2. The highest BCUT2D eigenvalue weighted by Crippen LogP contribution is 2.23. The van der Waals surface area contributed by atoms with Gasteiger partial charge in [-0.05, 0) is 58.0 Å². The van der Waals surface area contributed by atoms with Crippen molar-refractivity contribution >= 4 is 5.91 Å². The molecule has 1 amide bonds. The summed E-state index contributed by atoms with van der Waals surface area (Å²) in [6.45, 7) is 7.32. The molecule has 2 atom stereocenters. The summed E-state index contributed by atoms with van der Waals surface area (Å²) < 4.78 is 0. The second-order valence-electron chi connectivity index (χ2n) is 6.58. The summed E-state index contributed by atoms with van der Waals surface area (Å²) in [6.07, 6.45) is 7.96. The van der Waals surface area contributed by atoms with Crippen LogP contribution in [0.15, 0.2) is 0 Å². The summed E-state index contributed by atoms with van der Waals surface area (Å²) >= 11 is 0. The minimum atomic E-state index is 0.312. The molecule has 0 radical (unpaired) electrons. The van der Waals surface area contributed by atoms with Gasteiger partial charge >= 0.3 is 0 Å². The average molecular weight is 281 g/mol. The largest absolute Gasteiger partial charge is 0.342 e. The summed E-state index contributed by atoms with van der Waals surface area (Å²) in [6, 6.07) is 0.729. The minimum Gasteiger partial charge on any atom is -0.342 e. The lowest BCUT2D eigenvalue weighted by atomic mass is 9.94. The molecule has 2 heterocycles. The standard InChI is InChI=1S/C16H31N3O/c1-14-6-2-3-10-18(14)12-15-7-5-11-19(13-15)16(20)8-4-9-17/h14-15H,2-13,17H2,1H3. The van der Waals surface area contributed by atoms with E-state index in [9.17, 15) is 4.79 Å². The molecule has 2 saturated heterocycles. The van der Waals surface area contributed by atoms with E-state index >= 15 is 0 Å². The minimum absolute atomic E-state index is 0.312. The molecule has 116 valence electrons. The van der Waals surface area contributed by atoms with Gasteiger partial charge in [0, 0.05) is 32.1 Å². The Labute approximate surface area is 123 Å². The number of hydrogen-bond donors (Lipinski definition) is 1. The lowest BCUT2D eigenvalue weighted by Gasteiger charge is -2.39. The molecule has 2 unspecified atom stereocenters. The number of carbonyl (C=O) groups is 1. The number of piperidine rings is 2. The zero-order valence-corrected chi connectivity index (χ0v) is 13.0. The van der Waals surface area contributed by atoms with E-state index in [0.717, 1.165) is 25.6 Å². The number of rotatable bonds is 5. The van der Waals surface area contributed by atoms with Gasteiger partial charge in [-0.15, -0.1) is 0 Å². The van der Waals surface area contributed by atoms with Crippen molar-refractivity contribution in [2.45, 2.75) is 57.9 Å². The van der Waals surface area contributed by atoms with Crippen molar-refractivity contribution < 1.29 is 4.79 Å². The van der Waals surface area contributed by atoms with Crippen LogP contribution in [-0.4, -0.2) is 54.5 Å². The molecule has 20 heavy (non-hydrogen) atoms. The van der Waals surface area contributed by atoms with Crippen LogP contribution in [0.25, 0.3) is 0 Å². The second kappa shape index (κ2) is 7.99. The Morgan fingerprint density at radius 1 is 1.20 bits per heavy atom. The first-order valence-electron chi connectivity index (χ1n) is 8.42. The highest BCUT2D eigenvalue weighted by atomic mass is 16.2. The number of likely N-dealkylation sites (tertiary alicyclic amines) is 2. The molecule has 0 bridgehead atoms. The van der Waals surface area contributed by atoms with Crippen LogP contribution in [0, 0.1) is 5.92 Å². The van der Waals surface area contributed by atoms with Gasteiger partial charge in [0.2, 0.25) is 5.91 Å². The Hall–Kier alpha value is -0.610. The number of carbonyl (C=O) groups excluding carboxylic acids is 1. The molecule has 0 spiro atoms. The highest BCUT2D eigenvalue weighted by molar-refractivity contribution is 5.76. The lowest BCUT2D eigenvalue weighted by Crippen LogP contribution is -2.46. The summed E-state index contributed by atoms with van der Waals surface area (Å²) in [5, 5.41) is 0. The van der Waals surface area contributed by atoms with E-state index in [1.807, 2.05) is 0 Å². The maximum atomic E-state index is 12.1. The van der Waals surface area contributed by atoms with Gasteiger partial charge in [0.25, 0.3) is 0 Å². The van der Waals surface area contributed by atoms with E-state index < -0.39 is 0 Å². The molecule has 0 aromatic heterocycles. The summed E-state index contributed by atoms with van der Waals surface area (Å²) in [5.74, 6) is 0.984. The van der Waals surface area contributed by atoms with Crippen molar-refractivity contribution in [3.8, 4) is 0 Å². The van der Waals surface area contributed by atoms with Crippen LogP contribution < -0.4 is 5.73 Å². The maximum absolute atomic E-state index is 12.1. The number of nitrogens with two attached hydrogens (primary N) is 1. The van der Waals surface area contributed by atoms with Crippen LogP contribution in [-0.2, 0) is 4.79 Å². The van der Waals surface area contributed by atoms with Crippen LogP contribution in [0.2, 0.25) is 0 Å². The van der Waals surface area contributed by atoms with Gasteiger partial charge in [-0.1, -0.05) is 6.42 Å². The normalized spacial score (nSPS) is 28.6. The Bertz CT molecular complexity index is 308. The van der Waals surface area contributed by atoms with Crippen LogP contribution in [0.5, 0.6) is 0 Å². The quantitative estimate of drug-likeness (QED) is 0.836. The van der Waals surface area contributed by atoms with E-state index in [1.54, 1.807) is 0 Å². The van der Waals surface area contributed by atoms with Crippen LogP contribution in [0.3, 0.4) is 0 Å². The zero-order valence-electron chi connectivity index (χ0n) is 13.0. The topological polar surface area (TPSA) is 49.6 Å². The van der Waals surface area contributed by atoms with Gasteiger partial charge in [0.1, 0.15) is 0 Å². The van der Waals surface area contributed by atoms with Crippen molar-refractivity contribution in [2.24, 2.45) is 11.7 Å². The molecule has 0 aromatic rings. The molecule has 2 N–H and O–H groups in total. The first kappa shape index (κ1) is 15.8. The molecule has 0 aromatic carbocycles. The van der Waals surface area contributed by atoms with Gasteiger partial charge < -0.3 is 15.5 Å². The molecule has 2 aliphatic rings. The number of hydrogen-bond acceptors (Lipinski definition) is 3. The van der Waals surface area contributed by atoms with Gasteiger partial charge in [0.05, 0.1) is 0 Å². The summed E-state index contributed by atoms with van der Waals surface area (Å²) in [4.78, 5) is 16.8. The van der Waals surface area contributed by atoms with Crippen molar-refractivity contribution in [3.63, 3.8) is 0 Å². The van der Waals surface area contributed by atoms with Gasteiger partial charge in [-0.25, -0.2) is 0 Å². The first-order valence-corrected chi connectivity index (χ1v) is 8.42. The Morgan fingerprint density at radius 2 is 2.05 bits per heavy atom.